The fraction of sp³-hybridized carbons (Fsp3) is 0. The van der Waals surface area contributed by atoms with Gasteiger partial charge in [-0.05, 0) is 68.6 Å². The molecule has 9 aromatic carbocycles. The Morgan fingerprint density at radius 3 is 1.95 bits per heavy atom. The summed E-state index contributed by atoms with van der Waals surface area (Å²) in [5.74, 6) is 1.93. The van der Waals surface area contributed by atoms with Crippen LogP contribution in [0, 0.1) is 0 Å². The van der Waals surface area contributed by atoms with Crippen molar-refractivity contribution in [1.29, 1.82) is 0 Å². The minimum Gasteiger partial charge on any atom is -0.308 e. The van der Waals surface area contributed by atoms with Gasteiger partial charge in [-0.15, -0.1) is 11.3 Å². The van der Waals surface area contributed by atoms with E-state index in [4.69, 9.17) is 15.0 Å². The van der Waals surface area contributed by atoms with E-state index >= 15 is 0 Å². The molecule has 13 rings (SSSR count). The van der Waals surface area contributed by atoms with E-state index < -0.39 is 0 Å². The van der Waals surface area contributed by atoms with E-state index in [1.165, 1.54) is 74.8 Å². The Bertz CT molecular complexity index is 3690. The third-order valence-electron chi connectivity index (χ3n) is 11.9. The first-order chi connectivity index (χ1) is 28.7. The molecule has 0 fully saturated rings. The molecule has 0 saturated carbocycles. The summed E-state index contributed by atoms with van der Waals surface area (Å²) in [6, 6.07) is 65.4. The number of hydrogen-bond donors (Lipinski definition) is 0. The van der Waals surface area contributed by atoms with Crippen LogP contribution >= 0.6 is 11.3 Å². The molecule has 12 aromatic rings. The van der Waals surface area contributed by atoms with Crippen LogP contribution in [0.3, 0.4) is 0 Å². The number of thiophene rings is 1. The molecule has 0 amide bonds. The van der Waals surface area contributed by atoms with E-state index in [0.29, 0.717) is 17.5 Å². The highest BCUT2D eigenvalue weighted by molar-refractivity contribution is 7.26. The number of para-hydroxylation sites is 1. The number of fused-ring (bicyclic) bond motifs is 11. The number of hydrogen-bond acceptors (Lipinski definition) is 4. The van der Waals surface area contributed by atoms with Gasteiger partial charge in [0.05, 0.1) is 15.7 Å². The van der Waals surface area contributed by atoms with Crippen LogP contribution in [0.5, 0.6) is 0 Å². The molecule has 4 nitrogen and oxygen atoms in total. The molecular weight excluding hydrogens is 725 g/mol. The molecule has 3 aromatic heterocycles. The minimum atomic E-state index is 0.644. The van der Waals surface area contributed by atoms with Crippen LogP contribution in [0.1, 0.15) is 0 Å². The zero-order chi connectivity index (χ0) is 37.9. The van der Waals surface area contributed by atoms with Gasteiger partial charge in [-0.25, -0.2) is 15.0 Å². The fourth-order valence-corrected chi connectivity index (χ4v) is 10.6. The third kappa shape index (κ3) is 4.53. The lowest BCUT2D eigenvalue weighted by molar-refractivity contribution is 1.07. The van der Waals surface area contributed by atoms with Crippen LogP contribution in [0.4, 0.5) is 0 Å². The molecule has 0 spiro atoms. The van der Waals surface area contributed by atoms with Gasteiger partial charge in [0.15, 0.2) is 17.5 Å². The summed E-state index contributed by atoms with van der Waals surface area (Å²) >= 11 is 1.87. The lowest BCUT2D eigenvalue weighted by Crippen LogP contribution is -2.03. The zero-order valence-corrected chi connectivity index (χ0v) is 31.8. The van der Waals surface area contributed by atoms with Crippen LogP contribution in [-0.2, 0) is 0 Å². The Balaban J connectivity index is 1.16. The molecule has 0 radical (unpaired) electrons. The van der Waals surface area contributed by atoms with Crippen molar-refractivity contribution >= 4 is 74.9 Å². The third-order valence-corrected chi connectivity index (χ3v) is 13.1. The molecule has 0 N–H and O–H groups in total. The summed E-state index contributed by atoms with van der Waals surface area (Å²) in [5.41, 5.74) is 11.1. The molecular formula is C53H30N4S. The van der Waals surface area contributed by atoms with E-state index in [1.807, 2.05) is 29.5 Å². The fourth-order valence-electron chi connectivity index (χ4n) is 9.38. The van der Waals surface area contributed by atoms with Crippen molar-refractivity contribution in [3.63, 3.8) is 0 Å². The predicted octanol–water partition coefficient (Wildman–Crippen LogP) is 14.3. The summed E-state index contributed by atoms with van der Waals surface area (Å²) in [6.45, 7) is 0. The Hall–Kier alpha value is -7.47. The largest absolute Gasteiger partial charge is 0.308 e. The molecule has 0 bridgehead atoms. The van der Waals surface area contributed by atoms with Crippen LogP contribution in [0.15, 0.2) is 182 Å². The minimum absolute atomic E-state index is 0.644. The van der Waals surface area contributed by atoms with Gasteiger partial charge in [0, 0.05) is 54.2 Å². The van der Waals surface area contributed by atoms with Crippen LogP contribution in [0.2, 0.25) is 0 Å². The van der Waals surface area contributed by atoms with Gasteiger partial charge in [0.25, 0.3) is 0 Å². The van der Waals surface area contributed by atoms with E-state index in [0.717, 1.165) is 33.3 Å². The molecule has 0 unspecified atom stereocenters. The maximum absolute atomic E-state index is 5.41. The Labute approximate surface area is 337 Å². The molecule has 1 aliphatic rings. The summed E-state index contributed by atoms with van der Waals surface area (Å²) < 4.78 is 5.06. The molecule has 268 valence electrons. The quantitative estimate of drug-likeness (QED) is 0.180. The molecule has 58 heavy (non-hydrogen) atoms. The lowest BCUT2D eigenvalue weighted by atomic mass is 9.96. The summed E-state index contributed by atoms with van der Waals surface area (Å²) in [6.07, 6.45) is 0. The first-order valence-electron chi connectivity index (χ1n) is 19.6. The van der Waals surface area contributed by atoms with Crippen LogP contribution in [0.25, 0.3) is 126 Å². The van der Waals surface area contributed by atoms with E-state index in [1.54, 1.807) is 0 Å². The van der Waals surface area contributed by atoms with Crippen molar-refractivity contribution in [3.8, 4) is 62.1 Å². The standard InChI is InChI=1S/C53H30N4S/c1-2-13-33(14-3-1)51-54-52(35-25-24-31-12-4-5-15-34(31)28-35)56-53(55-51)44-30-36(29-43-39-20-10-16-32-17-11-21-42(47(32)39)48(43)44)57-45-22-8-6-18-37(45)40-26-27-41-38-19-7-9-23-46(38)58-50(41)49(40)57/h1-30H. The molecule has 0 saturated heterocycles. The van der Waals surface area contributed by atoms with Gasteiger partial charge in [0.1, 0.15) is 0 Å². The molecule has 1 aliphatic carbocycles. The van der Waals surface area contributed by atoms with Gasteiger partial charge in [-0.2, -0.15) is 0 Å². The zero-order valence-electron chi connectivity index (χ0n) is 31.0. The molecule has 0 aliphatic heterocycles. The Kier molecular flexibility index (Phi) is 6.57. The normalized spacial score (nSPS) is 12.1. The van der Waals surface area contributed by atoms with Crippen molar-refractivity contribution in [2.75, 3.05) is 0 Å². The molecule has 3 heterocycles. The first-order valence-corrected chi connectivity index (χ1v) is 20.4. The lowest BCUT2D eigenvalue weighted by Gasteiger charge is -2.16. The van der Waals surface area contributed by atoms with E-state index in [9.17, 15) is 0 Å². The van der Waals surface area contributed by atoms with Crippen molar-refractivity contribution in [3.05, 3.63) is 182 Å². The average Bonchev–Trinajstić information content (AvgIpc) is 3.95. The maximum Gasteiger partial charge on any atom is 0.164 e. The van der Waals surface area contributed by atoms with E-state index in [-0.39, 0.29) is 0 Å². The second kappa shape index (κ2) is 12.0. The predicted molar refractivity (Wildman–Crippen MR) is 243 cm³/mol. The van der Waals surface area contributed by atoms with Crippen LogP contribution < -0.4 is 0 Å². The monoisotopic (exact) mass is 754 g/mol. The van der Waals surface area contributed by atoms with Crippen LogP contribution in [-0.4, -0.2) is 19.5 Å². The number of nitrogens with zero attached hydrogens (tertiary/aromatic N) is 4. The van der Waals surface area contributed by atoms with Crippen molar-refractivity contribution in [1.82, 2.24) is 19.5 Å². The van der Waals surface area contributed by atoms with Crippen molar-refractivity contribution in [2.24, 2.45) is 0 Å². The summed E-state index contributed by atoms with van der Waals surface area (Å²) in [7, 11) is 0. The first kappa shape index (κ1) is 31.7. The highest BCUT2D eigenvalue weighted by Crippen LogP contribution is 2.53. The summed E-state index contributed by atoms with van der Waals surface area (Å²) in [5, 5.41) is 9.85. The molecule has 5 heteroatoms. The van der Waals surface area contributed by atoms with Crippen molar-refractivity contribution in [2.45, 2.75) is 0 Å². The smallest absolute Gasteiger partial charge is 0.164 e. The SMILES string of the molecule is c1ccc(-c2nc(-c3ccc4ccccc4c3)nc(-c3cc(-n4c5ccccc5c5ccc6c7ccccc7sc6c54)cc4c3-c3cccc5cccc-4c35)n2)cc1. The van der Waals surface area contributed by atoms with Gasteiger partial charge in [-0.3, -0.25) is 0 Å². The molecule has 0 atom stereocenters. The second-order valence-electron chi connectivity index (χ2n) is 15.1. The van der Waals surface area contributed by atoms with Gasteiger partial charge in [-0.1, -0.05) is 152 Å². The topological polar surface area (TPSA) is 43.6 Å². The summed E-state index contributed by atoms with van der Waals surface area (Å²) in [4.78, 5) is 15.9. The second-order valence-corrected chi connectivity index (χ2v) is 16.2. The van der Waals surface area contributed by atoms with Gasteiger partial charge in [0.2, 0.25) is 0 Å². The van der Waals surface area contributed by atoms with Gasteiger partial charge >= 0.3 is 0 Å². The number of rotatable bonds is 4. The van der Waals surface area contributed by atoms with Crippen molar-refractivity contribution < 1.29 is 0 Å². The van der Waals surface area contributed by atoms with E-state index in [2.05, 4.69) is 168 Å². The maximum atomic E-state index is 5.41. The Morgan fingerprint density at radius 2 is 1.07 bits per heavy atom. The number of aromatic nitrogens is 4. The highest BCUT2D eigenvalue weighted by atomic mass is 32.1. The Morgan fingerprint density at radius 1 is 0.397 bits per heavy atom. The average molecular weight is 755 g/mol. The van der Waals surface area contributed by atoms with Gasteiger partial charge < -0.3 is 4.57 Å². The highest BCUT2D eigenvalue weighted by Gasteiger charge is 2.29. The number of benzene rings is 9.